The maximum absolute atomic E-state index is 3.54. The smallest absolute Gasteiger partial charge is 0.0390 e. The Hall–Kier alpha value is -0.500. The van der Waals surface area contributed by atoms with Crippen LogP contribution in [-0.2, 0) is 0 Å². The molecule has 1 N–H and O–H groups in total. The lowest BCUT2D eigenvalue weighted by Crippen LogP contribution is -2.26. The molecule has 1 aromatic rings. The van der Waals surface area contributed by atoms with Crippen LogP contribution in [0.3, 0.4) is 0 Å². The van der Waals surface area contributed by atoms with E-state index in [1.807, 2.05) is 0 Å². The minimum absolute atomic E-state index is 0.102. The van der Waals surface area contributed by atoms with E-state index >= 15 is 0 Å². The van der Waals surface area contributed by atoms with Crippen molar-refractivity contribution in [2.24, 2.45) is 0 Å². The normalized spacial score (nSPS) is 11.9. The summed E-state index contributed by atoms with van der Waals surface area (Å²) in [5, 5.41) is 3.54. The molecule has 0 amide bonds. The molecular weight excluding hydrogens is 250 g/mol. The fourth-order valence-electron chi connectivity index (χ4n) is 1.54. The summed E-state index contributed by atoms with van der Waals surface area (Å²) in [7, 11) is 0. The highest BCUT2D eigenvalue weighted by Gasteiger charge is 2.13. The number of hydrogen-bond acceptors (Lipinski definition) is 1. The van der Waals surface area contributed by atoms with E-state index in [-0.39, 0.29) is 5.54 Å². The summed E-state index contributed by atoms with van der Waals surface area (Å²) >= 11 is 3.51. The Balaban J connectivity index is 3.08. The molecule has 1 aromatic carbocycles. The SMILES string of the molecule is CC(C)c1ccc(Br)cc1NC(C)(C)C. The highest BCUT2D eigenvalue weighted by Crippen LogP contribution is 2.29. The van der Waals surface area contributed by atoms with Crippen molar-refractivity contribution in [3.63, 3.8) is 0 Å². The highest BCUT2D eigenvalue weighted by atomic mass is 79.9. The van der Waals surface area contributed by atoms with Gasteiger partial charge in [0.15, 0.2) is 0 Å². The minimum atomic E-state index is 0.102. The molecule has 0 saturated carbocycles. The van der Waals surface area contributed by atoms with Crippen molar-refractivity contribution in [1.29, 1.82) is 0 Å². The summed E-state index contributed by atoms with van der Waals surface area (Å²) in [5.41, 5.74) is 2.70. The molecule has 2 heteroatoms. The van der Waals surface area contributed by atoms with Gasteiger partial charge >= 0.3 is 0 Å². The molecule has 0 aliphatic carbocycles. The number of benzene rings is 1. The first-order valence-corrected chi connectivity index (χ1v) is 6.16. The van der Waals surface area contributed by atoms with E-state index in [9.17, 15) is 0 Å². The van der Waals surface area contributed by atoms with E-state index in [0.717, 1.165) is 4.47 Å². The Morgan fingerprint density at radius 2 is 1.80 bits per heavy atom. The van der Waals surface area contributed by atoms with Crippen molar-refractivity contribution in [3.05, 3.63) is 28.2 Å². The Labute approximate surface area is 101 Å². The van der Waals surface area contributed by atoms with Gasteiger partial charge in [0.25, 0.3) is 0 Å². The summed E-state index contributed by atoms with van der Waals surface area (Å²) in [6.07, 6.45) is 0. The zero-order valence-corrected chi connectivity index (χ0v) is 11.8. The number of rotatable bonds is 2. The van der Waals surface area contributed by atoms with Crippen molar-refractivity contribution in [2.45, 2.75) is 46.1 Å². The van der Waals surface area contributed by atoms with Gasteiger partial charge in [-0.25, -0.2) is 0 Å². The van der Waals surface area contributed by atoms with Gasteiger partial charge in [0.05, 0.1) is 0 Å². The molecule has 0 spiro atoms. The number of hydrogen-bond donors (Lipinski definition) is 1. The van der Waals surface area contributed by atoms with Gasteiger partial charge in [0.1, 0.15) is 0 Å². The van der Waals surface area contributed by atoms with E-state index in [1.165, 1.54) is 11.3 Å². The van der Waals surface area contributed by atoms with Crippen LogP contribution >= 0.6 is 15.9 Å². The van der Waals surface area contributed by atoms with Gasteiger partial charge in [0, 0.05) is 15.7 Å². The first-order valence-electron chi connectivity index (χ1n) is 5.37. The van der Waals surface area contributed by atoms with Crippen LogP contribution in [0.1, 0.15) is 46.1 Å². The van der Waals surface area contributed by atoms with Crippen molar-refractivity contribution < 1.29 is 0 Å². The Morgan fingerprint density at radius 1 is 1.20 bits per heavy atom. The molecule has 1 rings (SSSR count). The second-order valence-electron chi connectivity index (χ2n) is 5.26. The molecule has 0 heterocycles. The zero-order chi connectivity index (χ0) is 11.6. The topological polar surface area (TPSA) is 12.0 Å². The molecule has 0 atom stereocenters. The lowest BCUT2D eigenvalue weighted by molar-refractivity contribution is 0.631. The third-order valence-corrected chi connectivity index (χ3v) is 2.64. The third kappa shape index (κ3) is 3.86. The van der Waals surface area contributed by atoms with Crippen molar-refractivity contribution in [2.75, 3.05) is 5.32 Å². The molecule has 0 aliphatic heterocycles. The average molecular weight is 270 g/mol. The molecular formula is C13H20BrN. The number of nitrogens with one attached hydrogen (secondary N) is 1. The molecule has 1 nitrogen and oxygen atoms in total. The summed E-state index contributed by atoms with van der Waals surface area (Å²) in [5.74, 6) is 0.544. The van der Waals surface area contributed by atoms with Gasteiger partial charge in [-0.1, -0.05) is 35.8 Å². The van der Waals surface area contributed by atoms with E-state index in [1.54, 1.807) is 0 Å². The zero-order valence-electron chi connectivity index (χ0n) is 10.2. The molecule has 0 aromatic heterocycles. The Morgan fingerprint density at radius 3 is 2.27 bits per heavy atom. The standard InChI is InChI=1S/C13H20BrN/c1-9(2)11-7-6-10(14)8-12(11)15-13(3,4)5/h6-9,15H,1-5H3. The van der Waals surface area contributed by atoms with Crippen LogP contribution in [0.15, 0.2) is 22.7 Å². The maximum Gasteiger partial charge on any atom is 0.0390 e. The fraction of sp³-hybridized carbons (Fsp3) is 0.538. The van der Waals surface area contributed by atoms with Crippen molar-refractivity contribution in [1.82, 2.24) is 0 Å². The van der Waals surface area contributed by atoms with Crippen molar-refractivity contribution >= 4 is 21.6 Å². The molecule has 0 unspecified atom stereocenters. The van der Waals surface area contributed by atoms with Crippen LogP contribution in [0.5, 0.6) is 0 Å². The van der Waals surface area contributed by atoms with Crippen LogP contribution in [0, 0.1) is 0 Å². The predicted octanol–water partition coefficient (Wildman–Crippen LogP) is 4.78. The number of halogens is 1. The van der Waals surface area contributed by atoms with E-state index in [0.29, 0.717) is 5.92 Å². The van der Waals surface area contributed by atoms with Gasteiger partial charge < -0.3 is 5.32 Å². The quantitative estimate of drug-likeness (QED) is 0.815. The second kappa shape index (κ2) is 4.56. The largest absolute Gasteiger partial charge is 0.380 e. The first-order chi connectivity index (χ1) is 6.79. The van der Waals surface area contributed by atoms with Crippen LogP contribution in [0.4, 0.5) is 5.69 Å². The molecule has 0 bridgehead atoms. The summed E-state index contributed by atoms with van der Waals surface area (Å²) in [6, 6.07) is 6.44. The van der Waals surface area contributed by atoms with E-state index in [2.05, 4.69) is 74.1 Å². The van der Waals surface area contributed by atoms with Crippen LogP contribution in [0.2, 0.25) is 0 Å². The van der Waals surface area contributed by atoms with Crippen LogP contribution in [0.25, 0.3) is 0 Å². The van der Waals surface area contributed by atoms with Gasteiger partial charge in [-0.3, -0.25) is 0 Å². The van der Waals surface area contributed by atoms with Gasteiger partial charge in [-0.05, 0) is 44.4 Å². The summed E-state index contributed by atoms with van der Waals surface area (Å²) in [4.78, 5) is 0. The lowest BCUT2D eigenvalue weighted by Gasteiger charge is -2.25. The van der Waals surface area contributed by atoms with Crippen LogP contribution in [-0.4, -0.2) is 5.54 Å². The molecule has 0 saturated heterocycles. The average Bonchev–Trinajstić information content (AvgIpc) is 1.99. The second-order valence-corrected chi connectivity index (χ2v) is 6.18. The van der Waals surface area contributed by atoms with E-state index < -0.39 is 0 Å². The molecule has 0 radical (unpaired) electrons. The Bertz CT molecular complexity index is 337. The monoisotopic (exact) mass is 269 g/mol. The maximum atomic E-state index is 3.54. The molecule has 84 valence electrons. The first kappa shape index (κ1) is 12.6. The van der Waals surface area contributed by atoms with E-state index in [4.69, 9.17) is 0 Å². The summed E-state index contributed by atoms with van der Waals surface area (Å²) in [6.45, 7) is 11.0. The van der Waals surface area contributed by atoms with Crippen molar-refractivity contribution in [3.8, 4) is 0 Å². The minimum Gasteiger partial charge on any atom is -0.380 e. The van der Waals surface area contributed by atoms with Gasteiger partial charge in [-0.15, -0.1) is 0 Å². The van der Waals surface area contributed by atoms with Crippen LogP contribution < -0.4 is 5.32 Å². The Kier molecular flexibility index (Phi) is 3.82. The number of anilines is 1. The predicted molar refractivity (Wildman–Crippen MR) is 71.6 cm³/mol. The highest BCUT2D eigenvalue weighted by molar-refractivity contribution is 9.10. The third-order valence-electron chi connectivity index (χ3n) is 2.15. The van der Waals surface area contributed by atoms with Gasteiger partial charge in [-0.2, -0.15) is 0 Å². The van der Waals surface area contributed by atoms with Gasteiger partial charge in [0.2, 0.25) is 0 Å². The molecule has 15 heavy (non-hydrogen) atoms. The molecule has 0 fully saturated rings. The molecule has 0 aliphatic rings. The lowest BCUT2D eigenvalue weighted by atomic mass is 9.99. The summed E-state index contributed by atoms with van der Waals surface area (Å²) < 4.78 is 1.12. The fourth-order valence-corrected chi connectivity index (χ4v) is 1.91.